The number of benzene rings is 3. The number of likely N-dealkylation sites (tertiary alicyclic amines) is 1. The molecule has 0 aliphatic carbocycles. The first-order chi connectivity index (χ1) is 20.2. The molecule has 2 heterocycles. The van der Waals surface area contributed by atoms with E-state index in [0.29, 0.717) is 37.7 Å². The zero-order valence-corrected chi connectivity index (χ0v) is 23.9. The summed E-state index contributed by atoms with van der Waals surface area (Å²) in [5.74, 6) is -2.06. The van der Waals surface area contributed by atoms with Gasteiger partial charge in [-0.3, -0.25) is 9.59 Å². The topological polar surface area (TPSA) is 61.9 Å². The van der Waals surface area contributed by atoms with Crippen LogP contribution in [-0.4, -0.2) is 59.9 Å². The molecule has 2 aliphatic rings. The minimum Gasteiger partial charge on any atom is -0.454 e. The highest BCUT2D eigenvalue weighted by atomic mass is 19.1. The molecule has 1 saturated heterocycles. The molecule has 0 bridgehead atoms. The van der Waals surface area contributed by atoms with E-state index in [1.165, 1.54) is 18.2 Å². The fourth-order valence-corrected chi connectivity index (χ4v) is 5.82. The molecule has 1 fully saturated rings. The van der Waals surface area contributed by atoms with Crippen LogP contribution in [0.5, 0.6) is 11.5 Å². The van der Waals surface area contributed by atoms with E-state index in [9.17, 15) is 22.8 Å². The van der Waals surface area contributed by atoms with Crippen molar-refractivity contribution >= 4 is 11.8 Å². The van der Waals surface area contributed by atoms with Crippen molar-refractivity contribution in [3.63, 3.8) is 0 Å². The predicted octanol–water partition coefficient (Wildman–Crippen LogP) is 5.74. The average molecular weight is 580 g/mol. The molecule has 9 heteroatoms. The van der Waals surface area contributed by atoms with E-state index in [4.69, 9.17) is 4.74 Å². The molecule has 6 nitrogen and oxygen atoms in total. The van der Waals surface area contributed by atoms with Gasteiger partial charge in [-0.05, 0) is 85.7 Å². The summed E-state index contributed by atoms with van der Waals surface area (Å²) in [7, 11) is 0. The first-order valence-electron chi connectivity index (χ1n) is 14.5. The van der Waals surface area contributed by atoms with E-state index in [-0.39, 0.29) is 35.0 Å². The van der Waals surface area contributed by atoms with Gasteiger partial charge in [-0.15, -0.1) is 0 Å². The maximum Gasteiger partial charge on any atom is 0.254 e. The molecule has 0 saturated carbocycles. The minimum absolute atomic E-state index is 0.0487. The minimum atomic E-state index is -0.835. The number of carbonyl (C=O) groups is 2. The van der Waals surface area contributed by atoms with Gasteiger partial charge in [-0.1, -0.05) is 32.0 Å². The van der Waals surface area contributed by atoms with E-state index in [0.717, 1.165) is 49.1 Å². The quantitative estimate of drug-likeness (QED) is 0.351. The molecule has 2 amide bonds. The second-order valence-corrected chi connectivity index (χ2v) is 11.4. The SMILES string of the molecule is CC(C)C(C(=O)N1CCC(NCCc2ccc(F)cc2)CC1)N1CCc2ccc(Oc3ccc(F)cc3F)cc2C1=O. The summed E-state index contributed by atoms with van der Waals surface area (Å²) >= 11 is 0. The predicted molar refractivity (Wildman–Crippen MR) is 154 cm³/mol. The number of halogens is 3. The summed E-state index contributed by atoms with van der Waals surface area (Å²) < 4.78 is 46.2. The van der Waals surface area contributed by atoms with Crippen LogP contribution in [0.4, 0.5) is 13.2 Å². The van der Waals surface area contributed by atoms with Crippen molar-refractivity contribution < 1.29 is 27.5 Å². The summed E-state index contributed by atoms with van der Waals surface area (Å²) in [6.45, 7) is 6.32. The lowest BCUT2D eigenvalue weighted by atomic mass is 9.92. The van der Waals surface area contributed by atoms with Gasteiger partial charge < -0.3 is 19.9 Å². The molecule has 3 aromatic carbocycles. The fraction of sp³-hybridized carbons (Fsp3) is 0.394. The Balaban J connectivity index is 1.20. The highest BCUT2D eigenvalue weighted by Crippen LogP contribution is 2.31. The van der Waals surface area contributed by atoms with Crippen LogP contribution in [0.15, 0.2) is 60.7 Å². The van der Waals surface area contributed by atoms with Crippen molar-refractivity contribution in [3.05, 3.63) is 94.8 Å². The average Bonchev–Trinajstić information content (AvgIpc) is 2.97. The number of ether oxygens (including phenoxy) is 1. The van der Waals surface area contributed by atoms with Crippen molar-refractivity contribution in [2.45, 2.75) is 51.6 Å². The van der Waals surface area contributed by atoms with Gasteiger partial charge >= 0.3 is 0 Å². The van der Waals surface area contributed by atoms with Crippen molar-refractivity contribution in [1.82, 2.24) is 15.1 Å². The Bertz CT molecular complexity index is 1420. The Labute approximate surface area is 244 Å². The molecule has 1 atom stereocenters. The lowest BCUT2D eigenvalue weighted by Gasteiger charge is -2.41. The standard InChI is InChI=1S/C33H36F3N3O3/c1-21(2)31(33(41)38-16-13-26(14-17-38)37-15-11-22-3-6-24(34)7-4-22)39-18-12-23-5-9-27(20-28(23)32(39)40)42-30-10-8-25(35)19-29(30)36/h3-10,19-21,26,31,37H,11-18H2,1-2H3. The van der Waals surface area contributed by atoms with Gasteiger partial charge in [0.05, 0.1) is 0 Å². The highest BCUT2D eigenvalue weighted by molar-refractivity contribution is 6.00. The summed E-state index contributed by atoms with van der Waals surface area (Å²) in [5.41, 5.74) is 2.33. The molecule has 0 aromatic heterocycles. The Kier molecular flexibility index (Phi) is 9.16. The first kappa shape index (κ1) is 29.6. The maximum absolute atomic E-state index is 14.1. The zero-order chi connectivity index (χ0) is 29.8. The van der Waals surface area contributed by atoms with Crippen molar-refractivity contribution in [1.29, 1.82) is 0 Å². The third kappa shape index (κ3) is 6.78. The number of nitrogens with zero attached hydrogens (tertiary/aromatic N) is 2. The van der Waals surface area contributed by atoms with Crippen molar-refractivity contribution in [2.75, 3.05) is 26.2 Å². The summed E-state index contributed by atoms with van der Waals surface area (Å²) in [6.07, 6.45) is 3.02. The number of hydrogen-bond acceptors (Lipinski definition) is 4. The van der Waals surface area contributed by atoms with Crippen LogP contribution in [0.25, 0.3) is 0 Å². The van der Waals surface area contributed by atoms with Gasteiger partial charge in [0, 0.05) is 37.3 Å². The van der Waals surface area contributed by atoms with Gasteiger partial charge in [0.15, 0.2) is 11.6 Å². The molecule has 5 rings (SSSR count). The van der Waals surface area contributed by atoms with Gasteiger partial charge in [-0.25, -0.2) is 13.2 Å². The monoisotopic (exact) mass is 579 g/mol. The summed E-state index contributed by atoms with van der Waals surface area (Å²) in [6, 6.07) is 14.3. The van der Waals surface area contributed by atoms with Gasteiger partial charge in [0.1, 0.15) is 23.4 Å². The normalized spacial score (nSPS) is 16.5. The highest BCUT2D eigenvalue weighted by Gasteiger charge is 2.39. The number of carbonyl (C=O) groups excluding carboxylic acids is 2. The van der Waals surface area contributed by atoms with Crippen LogP contribution in [0.1, 0.15) is 48.2 Å². The second-order valence-electron chi connectivity index (χ2n) is 11.4. The third-order valence-corrected chi connectivity index (χ3v) is 8.10. The smallest absolute Gasteiger partial charge is 0.254 e. The van der Waals surface area contributed by atoms with Crippen LogP contribution in [0, 0.1) is 23.4 Å². The Hall–Kier alpha value is -3.85. The number of rotatable bonds is 9. The van der Waals surface area contributed by atoms with Crippen LogP contribution in [-0.2, 0) is 17.6 Å². The Morgan fingerprint density at radius 2 is 1.67 bits per heavy atom. The zero-order valence-electron chi connectivity index (χ0n) is 23.9. The van der Waals surface area contributed by atoms with Crippen molar-refractivity contribution in [3.8, 4) is 11.5 Å². The van der Waals surface area contributed by atoms with Gasteiger partial charge in [-0.2, -0.15) is 0 Å². The number of amides is 2. The molecule has 0 spiro atoms. The molecule has 222 valence electrons. The molecular weight excluding hydrogens is 543 g/mol. The van der Waals surface area contributed by atoms with Crippen molar-refractivity contribution in [2.24, 2.45) is 5.92 Å². The van der Waals surface area contributed by atoms with E-state index < -0.39 is 17.7 Å². The molecular formula is C33H36F3N3O3. The van der Waals surface area contributed by atoms with E-state index in [2.05, 4.69) is 5.32 Å². The lowest BCUT2D eigenvalue weighted by Crippen LogP contribution is -2.57. The molecule has 0 radical (unpaired) electrons. The molecule has 42 heavy (non-hydrogen) atoms. The van der Waals surface area contributed by atoms with E-state index in [1.807, 2.05) is 18.7 Å². The Morgan fingerprint density at radius 3 is 2.36 bits per heavy atom. The van der Waals surface area contributed by atoms with Gasteiger partial charge in [0.25, 0.3) is 5.91 Å². The molecule has 1 unspecified atom stereocenters. The van der Waals surface area contributed by atoms with E-state index in [1.54, 1.807) is 35.2 Å². The summed E-state index contributed by atoms with van der Waals surface area (Å²) in [4.78, 5) is 31.0. The fourth-order valence-electron chi connectivity index (χ4n) is 5.82. The summed E-state index contributed by atoms with van der Waals surface area (Å²) in [5, 5.41) is 3.56. The molecule has 3 aromatic rings. The lowest BCUT2D eigenvalue weighted by molar-refractivity contribution is -0.139. The van der Waals surface area contributed by atoms with Crippen LogP contribution < -0.4 is 10.1 Å². The number of nitrogens with one attached hydrogen (secondary N) is 1. The largest absolute Gasteiger partial charge is 0.454 e. The van der Waals surface area contributed by atoms with Crippen LogP contribution >= 0.6 is 0 Å². The first-order valence-corrected chi connectivity index (χ1v) is 14.5. The Morgan fingerprint density at radius 1 is 0.952 bits per heavy atom. The number of piperidine rings is 1. The second kappa shape index (κ2) is 13.0. The molecule has 2 aliphatic heterocycles. The van der Waals surface area contributed by atoms with E-state index >= 15 is 0 Å². The van der Waals surface area contributed by atoms with Gasteiger partial charge in [0.2, 0.25) is 5.91 Å². The maximum atomic E-state index is 14.1. The van der Waals surface area contributed by atoms with Crippen LogP contribution in [0.3, 0.4) is 0 Å². The molecule has 1 N–H and O–H groups in total. The van der Waals surface area contributed by atoms with Crippen LogP contribution in [0.2, 0.25) is 0 Å². The third-order valence-electron chi connectivity index (χ3n) is 8.10. The number of fused-ring (bicyclic) bond motifs is 1. The number of hydrogen-bond donors (Lipinski definition) is 1.